The zero-order valence-corrected chi connectivity index (χ0v) is 11.0. The zero-order chi connectivity index (χ0) is 14.8. The van der Waals surface area contributed by atoms with E-state index >= 15 is 0 Å². The van der Waals surface area contributed by atoms with E-state index in [4.69, 9.17) is 5.11 Å². The third-order valence-corrected chi connectivity index (χ3v) is 3.66. The molecule has 2 N–H and O–H groups in total. The summed E-state index contributed by atoms with van der Waals surface area (Å²) in [6.07, 6.45) is 2.61. The highest BCUT2D eigenvalue weighted by molar-refractivity contribution is 5.96. The summed E-state index contributed by atoms with van der Waals surface area (Å²) in [5, 5.41) is 22.6. The predicted octanol–water partition coefficient (Wildman–Crippen LogP) is 0.712. The minimum atomic E-state index is -0.913. The van der Waals surface area contributed by atoms with E-state index in [0.29, 0.717) is 24.2 Å². The molecule has 0 radical (unpaired) electrons. The fourth-order valence-corrected chi connectivity index (χ4v) is 2.35. The quantitative estimate of drug-likeness (QED) is 0.857. The maximum absolute atomic E-state index is 12.1. The van der Waals surface area contributed by atoms with Crippen LogP contribution in [-0.4, -0.2) is 37.2 Å². The van der Waals surface area contributed by atoms with Crippen molar-refractivity contribution < 1.29 is 14.7 Å². The molecule has 1 fully saturated rings. The average Bonchev–Trinajstić information content (AvgIpc) is 2.90. The fourth-order valence-electron chi connectivity index (χ4n) is 2.35. The molecular weight excluding hydrogens is 274 g/mol. The normalized spacial score (nSPS) is 20.6. The Hall–Kier alpha value is -2.77. The Kier molecular flexibility index (Phi) is 3.35. The second-order valence-electron chi connectivity index (χ2n) is 4.92. The summed E-state index contributed by atoms with van der Waals surface area (Å²) in [5.41, 5.74) is 1.30. The van der Waals surface area contributed by atoms with Gasteiger partial charge in [0, 0.05) is 5.69 Å². The van der Waals surface area contributed by atoms with Crippen LogP contribution in [-0.2, 0) is 9.59 Å². The van der Waals surface area contributed by atoms with Crippen molar-refractivity contribution in [3.8, 4) is 5.69 Å². The Morgan fingerprint density at radius 3 is 2.71 bits per heavy atom. The Bertz CT molecular complexity index is 670. The second kappa shape index (κ2) is 5.31. The molecule has 1 aromatic carbocycles. The highest BCUT2D eigenvalue weighted by Gasteiger charge is 2.41. The van der Waals surface area contributed by atoms with Gasteiger partial charge in [0.15, 0.2) is 0 Å². The molecule has 1 amide bonds. The van der Waals surface area contributed by atoms with Crippen molar-refractivity contribution in [3.05, 3.63) is 30.6 Å². The van der Waals surface area contributed by atoms with Crippen molar-refractivity contribution in [2.24, 2.45) is 11.8 Å². The number of nitrogens with zero attached hydrogens (tertiary/aromatic N) is 4. The fraction of sp³-hybridized carbons (Fsp3) is 0.308. The van der Waals surface area contributed by atoms with Crippen LogP contribution in [0.2, 0.25) is 0 Å². The van der Waals surface area contributed by atoms with E-state index in [1.807, 2.05) is 0 Å². The summed E-state index contributed by atoms with van der Waals surface area (Å²) in [4.78, 5) is 23.0. The van der Waals surface area contributed by atoms with Gasteiger partial charge in [-0.25, -0.2) is 4.68 Å². The maximum atomic E-state index is 12.1. The lowest BCUT2D eigenvalue weighted by molar-refractivity contribution is -0.151. The highest BCUT2D eigenvalue weighted by atomic mass is 16.4. The number of benzene rings is 1. The van der Waals surface area contributed by atoms with Gasteiger partial charge >= 0.3 is 5.97 Å². The number of amides is 1. The summed E-state index contributed by atoms with van der Waals surface area (Å²) in [6, 6.07) is 7.03. The van der Waals surface area contributed by atoms with E-state index < -0.39 is 17.8 Å². The standard InChI is InChI=1S/C13H13N5O3/c19-12(10-4-5-11(10)13(20)21)15-8-2-1-3-9(6-8)18-7-14-16-17-18/h1-3,6-7,10-11H,4-5H2,(H,15,19)(H,20,21). The molecule has 0 aliphatic heterocycles. The topological polar surface area (TPSA) is 110 Å². The molecule has 21 heavy (non-hydrogen) atoms. The van der Waals surface area contributed by atoms with Crippen molar-refractivity contribution in [2.45, 2.75) is 12.8 Å². The van der Waals surface area contributed by atoms with Gasteiger partial charge in [-0.15, -0.1) is 5.10 Å². The van der Waals surface area contributed by atoms with Gasteiger partial charge in [-0.1, -0.05) is 6.07 Å². The van der Waals surface area contributed by atoms with E-state index in [0.717, 1.165) is 0 Å². The lowest BCUT2D eigenvalue weighted by atomic mass is 9.73. The number of carbonyl (C=O) groups excluding carboxylic acids is 1. The van der Waals surface area contributed by atoms with E-state index in [2.05, 4.69) is 20.8 Å². The SMILES string of the molecule is O=C(O)C1CCC1C(=O)Nc1cccc(-n2cnnn2)c1. The van der Waals surface area contributed by atoms with Gasteiger partial charge in [-0.2, -0.15) is 0 Å². The van der Waals surface area contributed by atoms with Crippen LogP contribution in [0.4, 0.5) is 5.69 Å². The number of nitrogens with one attached hydrogen (secondary N) is 1. The number of hydrogen-bond donors (Lipinski definition) is 2. The first kappa shape index (κ1) is 13.2. The molecule has 1 aromatic heterocycles. The Balaban J connectivity index is 1.72. The summed E-state index contributed by atoms with van der Waals surface area (Å²) in [6.45, 7) is 0. The monoisotopic (exact) mass is 287 g/mol. The van der Waals surface area contributed by atoms with Crippen LogP contribution in [0, 0.1) is 11.8 Å². The van der Waals surface area contributed by atoms with E-state index in [9.17, 15) is 9.59 Å². The number of hydrogen-bond acceptors (Lipinski definition) is 5. The first-order valence-electron chi connectivity index (χ1n) is 6.52. The van der Waals surface area contributed by atoms with Crippen LogP contribution in [0.25, 0.3) is 5.69 Å². The molecule has 1 aliphatic carbocycles. The molecular formula is C13H13N5O3. The van der Waals surface area contributed by atoms with Gasteiger partial charge in [-0.3, -0.25) is 9.59 Å². The van der Waals surface area contributed by atoms with Gasteiger partial charge in [0.25, 0.3) is 0 Å². The number of rotatable bonds is 4. The van der Waals surface area contributed by atoms with Crippen LogP contribution < -0.4 is 5.32 Å². The van der Waals surface area contributed by atoms with Crippen molar-refractivity contribution in [2.75, 3.05) is 5.32 Å². The Labute approximate surface area is 119 Å². The minimum absolute atomic E-state index is 0.262. The largest absolute Gasteiger partial charge is 0.481 e. The molecule has 3 rings (SSSR count). The van der Waals surface area contributed by atoms with Crippen LogP contribution in [0.15, 0.2) is 30.6 Å². The molecule has 108 valence electrons. The molecule has 1 aliphatic rings. The first-order valence-corrected chi connectivity index (χ1v) is 6.52. The second-order valence-corrected chi connectivity index (χ2v) is 4.92. The lowest BCUT2D eigenvalue weighted by Gasteiger charge is -2.31. The number of tetrazole rings is 1. The molecule has 2 atom stereocenters. The number of carboxylic acid groups (broad SMARTS) is 1. The Morgan fingerprint density at radius 1 is 1.29 bits per heavy atom. The van der Waals surface area contributed by atoms with Crippen LogP contribution in [0.1, 0.15) is 12.8 Å². The smallest absolute Gasteiger partial charge is 0.307 e. The van der Waals surface area contributed by atoms with Gasteiger partial charge in [-0.05, 0) is 41.5 Å². The van der Waals surface area contributed by atoms with E-state index in [-0.39, 0.29) is 5.91 Å². The summed E-state index contributed by atoms with van der Waals surface area (Å²) >= 11 is 0. The molecule has 8 nitrogen and oxygen atoms in total. The average molecular weight is 287 g/mol. The van der Waals surface area contributed by atoms with Crippen molar-refractivity contribution in [1.29, 1.82) is 0 Å². The van der Waals surface area contributed by atoms with Crippen LogP contribution >= 0.6 is 0 Å². The molecule has 1 saturated carbocycles. The predicted molar refractivity (Wildman–Crippen MR) is 71.6 cm³/mol. The minimum Gasteiger partial charge on any atom is -0.481 e. The van der Waals surface area contributed by atoms with Crippen molar-refractivity contribution >= 4 is 17.6 Å². The van der Waals surface area contributed by atoms with Crippen LogP contribution in [0.3, 0.4) is 0 Å². The zero-order valence-electron chi connectivity index (χ0n) is 11.0. The van der Waals surface area contributed by atoms with Crippen molar-refractivity contribution in [3.63, 3.8) is 0 Å². The summed E-state index contributed by atoms with van der Waals surface area (Å²) in [7, 11) is 0. The van der Waals surface area contributed by atoms with E-state index in [1.165, 1.54) is 11.0 Å². The number of aliphatic carboxylic acids is 1. The number of carbonyl (C=O) groups is 2. The molecule has 1 heterocycles. The molecule has 0 bridgehead atoms. The highest BCUT2D eigenvalue weighted by Crippen LogP contribution is 2.35. The molecule has 0 saturated heterocycles. The molecule has 2 aromatic rings. The summed E-state index contributed by atoms with van der Waals surface area (Å²) < 4.78 is 1.47. The van der Waals surface area contributed by atoms with Gasteiger partial charge in [0.05, 0.1) is 17.5 Å². The number of anilines is 1. The third kappa shape index (κ3) is 2.60. The van der Waals surface area contributed by atoms with Gasteiger partial charge in [0.1, 0.15) is 6.33 Å². The van der Waals surface area contributed by atoms with Gasteiger partial charge < -0.3 is 10.4 Å². The number of aromatic nitrogens is 4. The third-order valence-electron chi connectivity index (χ3n) is 3.66. The molecule has 2 unspecified atom stereocenters. The Morgan fingerprint density at radius 2 is 2.10 bits per heavy atom. The summed E-state index contributed by atoms with van der Waals surface area (Å²) in [5.74, 6) is -2.21. The number of carboxylic acids is 1. The molecule has 8 heteroatoms. The van der Waals surface area contributed by atoms with Crippen LogP contribution in [0.5, 0.6) is 0 Å². The maximum Gasteiger partial charge on any atom is 0.307 e. The first-order chi connectivity index (χ1) is 10.1. The van der Waals surface area contributed by atoms with E-state index in [1.54, 1.807) is 24.3 Å². The van der Waals surface area contributed by atoms with Crippen molar-refractivity contribution in [1.82, 2.24) is 20.2 Å². The van der Waals surface area contributed by atoms with Gasteiger partial charge in [0.2, 0.25) is 5.91 Å². The lowest BCUT2D eigenvalue weighted by Crippen LogP contribution is -2.41. The molecule has 0 spiro atoms.